The third kappa shape index (κ3) is 8.08. The number of halogens is 9. The SMILES string of the molecule is FC(F)(F)c1ccc2c(c1)N=C(c1ccccc1)C(c1cc(-c3nc4ccc(C(F)(F)F)cc4nc3-c3ccccc3)cc(-c3nc4ccc(C(F)(F)F)cc4nc3-c3ccccc3)c1)N2. The fourth-order valence-corrected chi connectivity index (χ4v) is 7.97. The lowest BCUT2D eigenvalue weighted by atomic mass is 9.89. The predicted molar refractivity (Wildman–Crippen MR) is 235 cm³/mol. The topological polar surface area (TPSA) is 76.0 Å². The zero-order chi connectivity index (χ0) is 46.0. The molecule has 0 saturated carbocycles. The number of rotatable bonds is 6. The maximum absolute atomic E-state index is 14.0. The van der Waals surface area contributed by atoms with Gasteiger partial charge in [0.1, 0.15) is 0 Å². The molecule has 326 valence electrons. The Morgan fingerprint density at radius 2 is 0.758 bits per heavy atom. The highest BCUT2D eigenvalue weighted by atomic mass is 19.4. The van der Waals surface area contributed by atoms with Crippen LogP contribution in [0.25, 0.3) is 67.1 Å². The third-order valence-electron chi connectivity index (χ3n) is 11.1. The molecule has 15 heteroatoms. The average Bonchev–Trinajstić information content (AvgIpc) is 3.32. The van der Waals surface area contributed by atoms with Gasteiger partial charge in [0.25, 0.3) is 0 Å². The molecule has 9 aromatic rings. The first kappa shape index (κ1) is 42.0. The average molecular weight is 897 g/mol. The van der Waals surface area contributed by atoms with Crippen molar-refractivity contribution in [3.8, 4) is 45.0 Å². The number of alkyl halides is 9. The molecule has 6 nitrogen and oxygen atoms in total. The quantitative estimate of drug-likeness (QED) is 0.168. The van der Waals surface area contributed by atoms with Crippen LogP contribution in [0.15, 0.2) is 169 Å². The summed E-state index contributed by atoms with van der Waals surface area (Å²) in [5.41, 5.74) is 2.16. The minimum Gasteiger partial charge on any atom is -0.371 e. The maximum Gasteiger partial charge on any atom is 0.416 e. The van der Waals surface area contributed by atoms with E-state index in [0.717, 1.165) is 36.4 Å². The van der Waals surface area contributed by atoms with Crippen LogP contribution in [-0.2, 0) is 18.5 Å². The molecule has 1 aliphatic rings. The molecule has 3 heterocycles. The van der Waals surface area contributed by atoms with Gasteiger partial charge in [0, 0.05) is 22.3 Å². The van der Waals surface area contributed by atoms with Crippen molar-refractivity contribution in [1.82, 2.24) is 19.9 Å². The second kappa shape index (κ2) is 15.9. The summed E-state index contributed by atoms with van der Waals surface area (Å²) in [4.78, 5) is 24.3. The monoisotopic (exact) mass is 896 g/mol. The van der Waals surface area contributed by atoms with Gasteiger partial charge in [0.2, 0.25) is 0 Å². The molecule has 0 saturated heterocycles. The normalized spacial score (nSPS) is 14.2. The molecule has 1 aliphatic heterocycles. The largest absolute Gasteiger partial charge is 0.416 e. The number of nitrogens with one attached hydrogen (secondary N) is 1. The van der Waals surface area contributed by atoms with Crippen molar-refractivity contribution >= 4 is 39.2 Å². The number of aromatic nitrogens is 4. The van der Waals surface area contributed by atoms with E-state index in [4.69, 9.17) is 24.9 Å². The molecule has 0 fully saturated rings. The molecular formula is C51H29F9N6. The highest BCUT2D eigenvalue weighted by Crippen LogP contribution is 2.44. The number of fused-ring (bicyclic) bond motifs is 3. The molecule has 66 heavy (non-hydrogen) atoms. The molecule has 10 rings (SSSR count). The van der Waals surface area contributed by atoms with Crippen LogP contribution in [0, 0.1) is 0 Å². The molecule has 1 unspecified atom stereocenters. The second-order valence-electron chi connectivity index (χ2n) is 15.5. The fraction of sp³-hybridized carbons (Fsp3) is 0.0784. The van der Waals surface area contributed by atoms with E-state index in [2.05, 4.69) is 5.32 Å². The van der Waals surface area contributed by atoms with E-state index in [1.807, 2.05) is 0 Å². The Morgan fingerprint density at radius 3 is 1.21 bits per heavy atom. The first-order chi connectivity index (χ1) is 31.6. The van der Waals surface area contributed by atoms with Gasteiger partial charge in [0.15, 0.2) is 0 Å². The lowest BCUT2D eigenvalue weighted by molar-refractivity contribution is -0.138. The van der Waals surface area contributed by atoms with Crippen molar-refractivity contribution in [2.75, 3.05) is 5.32 Å². The summed E-state index contributed by atoms with van der Waals surface area (Å²) in [5.74, 6) is 0. The van der Waals surface area contributed by atoms with Gasteiger partial charge in [-0.05, 0) is 83.9 Å². The molecule has 0 spiro atoms. The molecular weight excluding hydrogens is 868 g/mol. The van der Waals surface area contributed by atoms with Gasteiger partial charge in [-0.3, -0.25) is 0 Å². The van der Waals surface area contributed by atoms with Crippen molar-refractivity contribution in [2.24, 2.45) is 4.99 Å². The molecule has 0 bridgehead atoms. The van der Waals surface area contributed by atoms with Crippen molar-refractivity contribution in [1.29, 1.82) is 0 Å². The number of hydrogen-bond acceptors (Lipinski definition) is 6. The highest BCUT2D eigenvalue weighted by molar-refractivity contribution is 6.10. The van der Waals surface area contributed by atoms with E-state index in [1.54, 1.807) is 109 Å². The van der Waals surface area contributed by atoms with Gasteiger partial charge in [-0.1, -0.05) is 91.0 Å². The smallest absolute Gasteiger partial charge is 0.371 e. The molecule has 1 N–H and O–H groups in total. The standard InChI is InChI=1S/C51H29F9N6/c52-49(53,54)34-16-19-37-40(25-34)64-43(28-10-4-1-5-11-28)46(61-37)31-22-32(47-44(29-12-6-2-7-13-29)65-41-26-35(50(55,56)57)17-20-38(41)62-47)24-33(23-31)48-45(30-14-8-3-9-15-30)66-42-27-36(51(58,59)60)18-21-39(42)63-48/h1-27,46,61H. The summed E-state index contributed by atoms with van der Waals surface area (Å²) in [6.45, 7) is 0. The number of hydrogen-bond donors (Lipinski definition) is 1. The van der Waals surface area contributed by atoms with Gasteiger partial charge in [-0.2, -0.15) is 39.5 Å². The number of aliphatic imine (C=N–C) groups is 1. The first-order valence-corrected chi connectivity index (χ1v) is 20.2. The van der Waals surface area contributed by atoms with Crippen molar-refractivity contribution in [2.45, 2.75) is 24.6 Å². The number of nitrogens with zero attached hydrogens (tertiary/aromatic N) is 5. The molecule has 0 amide bonds. The minimum absolute atomic E-state index is 0.0175. The maximum atomic E-state index is 14.0. The first-order valence-electron chi connectivity index (χ1n) is 20.2. The van der Waals surface area contributed by atoms with Crippen LogP contribution in [0.4, 0.5) is 50.9 Å². The summed E-state index contributed by atoms with van der Waals surface area (Å²) in [6, 6.07) is 40.2. The van der Waals surface area contributed by atoms with E-state index in [1.165, 1.54) is 18.2 Å². The van der Waals surface area contributed by atoms with Crippen molar-refractivity contribution in [3.05, 3.63) is 192 Å². The number of anilines is 1. The van der Waals surface area contributed by atoms with E-state index in [9.17, 15) is 39.5 Å². The fourth-order valence-electron chi connectivity index (χ4n) is 7.97. The van der Waals surface area contributed by atoms with Crippen LogP contribution < -0.4 is 5.32 Å². The van der Waals surface area contributed by atoms with E-state index >= 15 is 0 Å². The van der Waals surface area contributed by atoms with Crippen molar-refractivity contribution < 1.29 is 39.5 Å². The summed E-state index contributed by atoms with van der Waals surface area (Å²) in [6.07, 6.45) is -14.0. The zero-order valence-corrected chi connectivity index (χ0v) is 33.8. The van der Waals surface area contributed by atoms with Crippen LogP contribution in [0.2, 0.25) is 0 Å². The Kier molecular flexibility index (Phi) is 10.2. The van der Waals surface area contributed by atoms with Gasteiger partial charge < -0.3 is 5.32 Å². The molecule has 0 aliphatic carbocycles. The zero-order valence-electron chi connectivity index (χ0n) is 33.8. The van der Waals surface area contributed by atoms with Crippen molar-refractivity contribution in [3.63, 3.8) is 0 Å². The van der Waals surface area contributed by atoms with Gasteiger partial charge >= 0.3 is 18.5 Å². The van der Waals surface area contributed by atoms with E-state index < -0.39 is 41.3 Å². The van der Waals surface area contributed by atoms with Crippen LogP contribution >= 0.6 is 0 Å². The van der Waals surface area contributed by atoms with Crippen LogP contribution in [0.5, 0.6) is 0 Å². The van der Waals surface area contributed by atoms with Gasteiger partial charge in [-0.15, -0.1) is 0 Å². The number of benzene rings is 7. The lowest BCUT2D eigenvalue weighted by Gasteiger charge is -2.29. The highest BCUT2D eigenvalue weighted by Gasteiger charge is 2.35. The van der Waals surface area contributed by atoms with Crippen LogP contribution in [0.1, 0.15) is 33.9 Å². The predicted octanol–water partition coefficient (Wildman–Crippen LogP) is 14.6. The van der Waals surface area contributed by atoms with E-state index in [0.29, 0.717) is 44.8 Å². The Balaban J connectivity index is 1.27. The molecule has 0 radical (unpaired) electrons. The Bertz CT molecular complexity index is 3190. The summed E-state index contributed by atoms with van der Waals surface area (Å²) < 4.78 is 126. The van der Waals surface area contributed by atoms with Crippen LogP contribution in [0.3, 0.4) is 0 Å². The summed E-state index contributed by atoms with van der Waals surface area (Å²) >= 11 is 0. The molecule has 1 atom stereocenters. The van der Waals surface area contributed by atoms with Gasteiger partial charge in [-0.25, -0.2) is 24.9 Å². The summed E-state index contributed by atoms with van der Waals surface area (Å²) in [5, 5.41) is 3.41. The molecule has 2 aromatic heterocycles. The van der Waals surface area contributed by atoms with E-state index in [-0.39, 0.29) is 50.5 Å². The van der Waals surface area contributed by atoms with Crippen LogP contribution in [-0.4, -0.2) is 25.6 Å². The second-order valence-corrected chi connectivity index (χ2v) is 15.5. The Morgan fingerprint density at radius 1 is 0.364 bits per heavy atom. The Labute approximate surface area is 369 Å². The van der Waals surface area contributed by atoms with Gasteiger partial charge in [0.05, 0.1) is 84.7 Å². The third-order valence-corrected chi connectivity index (χ3v) is 11.1. The lowest BCUT2D eigenvalue weighted by Crippen LogP contribution is -2.25. The minimum atomic E-state index is -4.66. The Hall–Kier alpha value is -7.94. The molecule has 7 aromatic carbocycles. The summed E-state index contributed by atoms with van der Waals surface area (Å²) in [7, 11) is 0.